The Labute approximate surface area is 75.2 Å². The zero-order chi connectivity index (χ0) is 9.46. The zero-order valence-corrected chi connectivity index (χ0v) is 8.09. The number of rotatable bonds is 1. The maximum atomic E-state index is 3.96. The van der Waals surface area contributed by atoms with Crippen molar-refractivity contribution in [1.82, 2.24) is 9.93 Å². The third kappa shape index (κ3) is 1.05. The second kappa shape index (κ2) is 2.74. The second-order valence-corrected chi connectivity index (χ2v) is 3.33. The van der Waals surface area contributed by atoms with E-state index in [4.69, 9.17) is 0 Å². The molecule has 0 aromatic heterocycles. The molecule has 0 atom stereocenters. The summed E-state index contributed by atoms with van der Waals surface area (Å²) >= 11 is 0. The van der Waals surface area contributed by atoms with E-state index in [1.54, 1.807) is 0 Å². The lowest BCUT2D eigenvalue weighted by Gasteiger charge is -2.32. The molecule has 0 saturated carbocycles. The minimum absolute atomic E-state index is 0.401. The maximum absolute atomic E-state index is 3.96. The van der Waals surface area contributed by atoms with Crippen LogP contribution < -0.4 is 0 Å². The van der Waals surface area contributed by atoms with Crippen molar-refractivity contribution in [2.45, 2.75) is 19.9 Å². The third-order valence-corrected chi connectivity index (χ3v) is 2.18. The first-order valence-electron chi connectivity index (χ1n) is 4.07. The molecule has 1 heterocycles. The van der Waals surface area contributed by atoms with Crippen LogP contribution in [-0.4, -0.2) is 24.0 Å². The molecule has 1 saturated heterocycles. The second-order valence-electron chi connectivity index (χ2n) is 3.33. The average molecular weight is 162 g/mol. The molecule has 0 spiro atoms. The van der Waals surface area contributed by atoms with Gasteiger partial charge in [0, 0.05) is 17.3 Å². The highest BCUT2D eigenvalue weighted by Gasteiger charge is 2.28. The Morgan fingerprint density at radius 1 is 1.17 bits per heavy atom. The Kier molecular flexibility index (Phi) is 2.05. The summed E-state index contributed by atoms with van der Waals surface area (Å²) in [5.41, 5.74) is 2.83. The van der Waals surface area contributed by atoms with Crippen LogP contribution in [0.3, 0.4) is 0 Å². The molecule has 12 heavy (non-hydrogen) atoms. The lowest BCUT2D eigenvalue weighted by atomic mass is 10.2. The Balaban J connectivity index is 2.99. The molecule has 0 aliphatic carbocycles. The first-order chi connectivity index (χ1) is 5.46. The van der Waals surface area contributed by atoms with Gasteiger partial charge in [0.1, 0.15) is 0 Å². The monoisotopic (exact) mass is 162 g/mol. The lowest BCUT2D eigenvalue weighted by molar-refractivity contribution is 0.136. The van der Waals surface area contributed by atoms with Gasteiger partial charge in [-0.05, 0) is 13.8 Å². The van der Waals surface area contributed by atoms with E-state index in [1.165, 1.54) is 0 Å². The van der Waals surface area contributed by atoms with E-state index in [9.17, 15) is 0 Å². The van der Waals surface area contributed by atoms with E-state index >= 15 is 0 Å². The van der Waals surface area contributed by atoms with Crippen molar-refractivity contribution in [3.63, 3.8) is 0 Å². The fourth-order valence-corrected chi connectivity index (χ4v) is 1.47. The highest BCUT2D eigenvalue weighted by molar-refractivity contribution is 6.06. The Morgan fingerprint density at radius 3 is 1.83 bits per heavy atom. The summed E-state index contributed by atoms with van der Waals surface area (Å²) in [6.07, 6.45) is 0. The standard InChI is InChI=1S/C9H15BN2/c1-6(2)11-8(4)7(3)9(5)12(11)10/h6H,3-5,10H2,1-2H3. The molecule has 0 aromatic carbocycles. The molecule has 0 aromatic rings. The zero-order valence-electron chi connectivity index (χ0n) is 8.09. The highest BCUT2D eigenvalue weighted by Crippen LogP contribution is 2.32. The smallest absolute Gasteiger partial charge is 0.247 e. The maximum Gasteiger partial charge on any atom is 0.247 e. The van der Waals surface area contributed by atoms with E-state index in [0.29, 0.717) is 6.04 Å². The Bertz CT molecular complexity index is 255. The molecule has 64 valence electrons. The van der Waals surface area contributed by atoms with Crippen molar-refractivity contribution >= 4 is 7.98 Å². The summed E-state index contributed by atoms with van der Waals surface area (Å²) in [5.74, 6) is 0. The minimum atomic E-state index is 0.401. The van der Waals surface area contributed by atoms with Gasteiger partial charge in [-0.25, -0.2) is 0 Å². The summed E-state index contributed by atoms with van der Waals surface area (Å²) in [6, 6.07) is 0.401. The molecule has 0 radical (unpaired) electrons. The van der Waals surface area contributed by atoms with Gasteiger partial charge in [0.15, 0.2) is 0 Å². The van der Waals surface area contributed by atoms with Gasteiger partial charge in [0.2, 0.25) is 7.98 Å². The first-order valence-corrected chi connectivity index (χ1v) is 4.07. The number of hydrogen-bond donors (Lipinski definition) is 0. The van der Waals surface area contributed by atoms with E-state index in [1.807, 2.05) is 12.9 Å². The predicted octanol–water partition coefficient (Wildman–Crippen LogP) is 1.06. The first kappa shape index (κ1) is 8.98. The van der Waals surface area contributed by atoms with E-state index in [2.05, 4.69) is 38.6 Å². The number of hydrazine groups is 1. The van der Waals surface area contributed by atoms with Crippen LogP contribution in [0, 0.1) is 0 Å². The molecular weight excluding hydrogens is 147 g/mol. The quantitative estimate of drug-likeness (QED) is 0.532. The Morgan fingerprint density at radius 2 is 1.67 bits per heavy atom. The van der Waals surface area contributed by atoms with Crippen molar-refractivity contribution in [2.24, 2.45) is 0 Å². The van der Waals surface area contributed by atoms with Crippen LogP contribution >= 0.6 is 0 Å². The van der Waals surface area contributed by atoms with Crippen LogP contribution in [0.25, 0.3) is 0 Å². The summed E-state index contributed by atoms with van der Waals surface area (Å²) in [7, 11) is 1.98. The fourth-order valence-electron chi connectivity index (χ4n) is 1.47. The molecule has 1 fully saturated rings. The topological polar surface area (TPSA) is 6.48 Å². The van der Waals surface area contributed by atoms with Crippen LogP contribution in [0.1, 0.15) is 13.8 Å². The van der Waals surface area contributed by atoms with Crippen LogP contribution in [0.2, 0.25) is 0 Å². The van der Waals surface area contributed by atoms with Crippen molar-refractivity contribution < 1.29 is 0 Å². The molecule has 3 heteroatoms. The number of hydrogen-bond acceptors (Lipinski definition) is 2. The van der Waals surface area contributed by atoms with Crippen LogP contribution in [0.5, 0.6) is 0 Å². The largest absolute Gasteiger partial charge is 0.339 e. The molecule has 1 aliphatic rings. The third-order valence-electron chi connectivity index (χ3n) is 2.18. The molecule has 0 amide bonds. The van der Waals surface area contributed by atoms with Gasteiger partial charge in [-0.1, -0.05) is 19.7 Å². The van der Waals surface area contributed by atoms with E-state index < -0.39 is 0 Å². The predicted molar refractivity (Wildman–Crippen MR) is 54.8 cm³/mol. The van der Waals surface area contributed by atoms with Gasteiger partial charge in [-0.3, -0.25) is 5.01 Å². The Hall–Kier alpha value is -1.12. The number of nitrogens with zero attached hydrogens (tertiary/aromatic N) is 2. The molecule has 0 unspecified atom stereocenters. The molecular formula is C9H15BN2. The molecule has 1 aliphatic heterocycles. The molecule has 2 nitrogen and oxygen atoms in total. The molecule has 1 rings (SSSR count). The SMILES string of the molecule is BN1C(=C)C(=C)C(=C)N1C(C)C. The van der Waals surface area contributed by atoms with Crippen LogP contribution in [0.4, 0.5) is 0 Å². The van der Waals surface area contributed by atoms with Gasteiger partial charge in [-0.15, -0.1) is 0 Å². The summed E-state index contributed by atoms with van der Waals surface area (Å²) in [5, 5.41) is 2.09. The highest BCUT2D eigenvalue weighted by atomic mass is 15.6. The van der Waals surface area contributed by atoms with Gasteiger partial charge in [0.05, 0.1) is 5.70 Å². The lowest BCUT2D eigenvalue weighted by Crippen LogP contribution is -2.37. The van der Waals surface area contributed by atoms with Crippen LogP contribution in [-0.2, 0) is 0 Å². The van der Waals surface area contributed by atoms with Gasteiger partial charge in [-0.2, -0.15) is 0 Å². The van der Waals surface area contributed by atoms with E-state index in [0.717, 1.165) is 17.0 Å². The van der Waals surface area contributed by atoms with Crippen LogP contribution in [0.15, 0.2) is 36.7 Å². The van der Waals surface area contributed by atoms with Gasteiger partial charge < -0.3 is 4.92 Å². The van der Waals surface area contributed by atoms with E-state index in [-0.39, 0.29) is 0 Å². The van der Waals surface area contributed by atoms with Gasteiger partial charge >= 0.3 is 0 Å². The fraction of sp³-hybridized carbons (Fsp3) is 0.333. The van der Waals surface area contributed by atoms with Crippen molar-refractivity contribution in [3.05, 3.63) is 36.7 Å². The van der Waals surface area contributed by atoms with Gasteiger partial charge in [0.25, 0.3) is 0 Å². The summed E-state index contributed by atoms with van der Waals surface area (Å²) < 4.78 is 0. The summed E-state index contributed by atoms with van der Waals surface area (Å²) in [4.78, 5) is 2.00. The molecule has 0 bridgehead atoms. The van der Waals surface area contributed by atoms with Crippen molar-refractivity contribution in [1.29, 1.82) is 0 Å². The van der Waals surface area contributed by atoms with Crippen molar-refractivity contribution in [3.8, 4) is 0 Å². The average Bonchev–Trinajstić information content (AvgIpc) is 2.16. The minimum Gasteiger partial charge on any atom is -0.339 e. The molecule has 0 N–H and O–H groups in total. The van der Waals surface area contributed by atoms with Crippen molar-refractivity contribution in [2.75, 3.05) is 0 Å². The summed E-state index contributed by atoms with van der Waals surface area (Å²) in [6.45, 7) is 16.0. The normalized spacial score (nSPS) is 18.4.